The molecule has 1 aromatic carbocycles. The molecule has 0 amide bonds. The van der Waals surface area contributed by atoms with Crippen molar-refractivity contribution in [2.75, 3.05) is 6.61 Å². The Kier molecular flexibility index (Phi) is 10.7. The van der Waals surface area contributed by atoms with Crippen LogP contribution in [0.1, 0.15) is 66.8 Å². The van der Waals surface area contributed by atoms with E-state index in [1.54, 1.807) is 0 Å². The highest BCUT2D eigenvalue weighted by molar-refractivity contribution is 5.94. The van der Waals surface area contributed by atoms with Crippen molar-refractivity contribution < 1.29 is 9.90 Å². The third-order valence-electron chi connectivity index (χ3n) is 4.77. The quantitative estimate of drug-likeness (QED) is 0.614. The summed E-state index contributed by atoms with van der Waals surface area (Å²) in [4.78, 5) is 12.5. The van der Waals surface area contributed by atoms with Crippen molar-refractivity contribution in [3.8, 4) is 0 Å². The molecular weight excluding hydrogens is 336 g/mol. The van der Waals surface area contributed by atoms with E-state index >= 15 is 0 Å². The molecular formula is C23H36N2O2. The second kappa shape index (κ2) is 12.5. The van der Waals surface area contributed by atoms with Gasteiger partial charge in [0.25, 0.3) is 0 Å². The molecule has 0 spiro atoms. The summed E-state index contributed by atoms with van der Waals surface area (Å²) in [5.41, 5.74) is 10.4. The Morgan fingerprint density at radius 3 is 2.37 bits per heavy atom. The Labute approximate surface area is 164 Å². The van der Waals surface area contributed by atoms with Gasteiger partial charge in [-0.15, -0.1) is 0 Å². The molecule has 3 N–H and O–H groups in total. The van der Waals surface area contributed by atoms with E-state index in [-0.39, 0.29) is 18.4 Å². The minimum atomic E-state index is 0.00793. The van der Waals surface area contributed by atoms with Crippen LogP contribution in [0.15, 0.2) is 36.4 Å². The van der Waals surface area contributed by atoms with Gasteiger partial charge in [0.1, 0.15) is 0 Å². The molecule has 150 valence electrons. The molecule has 0 bridgehead atoms. The molecule has 0 aliphatic rings. The molecule has 4 nitrogen and oxygen atoms in total. The van der Waals surface area contributed by atoms with Crippen LogP contribution in [0.2, 0.25) is 0 Å². The predicted octanol–water partition coefficient (Wildman–Crippen LogP) is 4.21. The standard InChI is InChI=1S/C21H30N2O2.C2H6/c1-16-6-8-17(9-7-16)4-3-5-21(25)20-13-12-19(23(20)2)11-10-18(22)14-15-24;1-2/h6-9,12-13,18,24H,3-5,10-11,14-15,22H2,1-2H3;1-2H3/t18-;/m1./s1. The number of hydrogen-bond acceptors (Lipinski definition) is 3. The average Bonchev–Trinajstić information content (AvgIpc) is 3.04. The minimum absolute atomic E-state index is 0.00793. The number of Topliss-reactive ketones (excluding diaryl/α,β-unsaturated/α-hetero) is 1. The number of aromatic nitrogens is 1. The summed E-state index contributed by atoms with van der Waals surface area (Å²) < 4.78 is 1.99. The summed E-state index contributed by atoms with van der Waals surface area (Å²) in [5, 5.41) is 8.91. The summed E-state index contributed by atoms with van der Waals surface area (Å²) in [5.74, 6) is 0.195. The van der Waals surface area contributed by atoms with Crippen molar-refractivity contribution in [2.24, 2.45) is 12.8 Å². The van der Waals surface area contributed by atoms with Crippen molar-refractivity contribution in [3.05, 3.63) is 58.9 Å². The molecule has 1 heterocycles. The number of hydrogen-bond donors (Lipinski definition) is 2. The summed E-state index contributed by atoms with van der Waals surface area (Å²) in [6, 6.07) is 12.4. The van der Waals surface area contributed by atoms with Crippen LogP contribution in [0.3, 0.4) is 0 Å². The Morgan fingerprint density at radius 1 is 1.07 bits per heavy atom. The van der Waals surface area contributed by atoms with E-state index < -0.39 is 0 Å². The van der Waals surface area contributed by atoms with Crippen molar-refractivity contribution in [1.82, 2.24) is 4.57 Å². The first-order valence-electron chi connectivity index (χ1n) is 10.1. The smallest absolute Gasteiger partial charge is 0.179 e. The molecule has 0 fully saturated rings. The molecule has 0 saturated carbocycles. The first-order chi connectivity index (χ1) is 13.0. The van der Waals surface area contributed by atoms with Gasteiger partial charge < -0.3 is 15.4 Å². The van der Waals surface area contributed by atoms with Crippen molar-refractivity contribution in [2.45, 2.75) is 65.3 Å². The number of aliphatic hydroxyl groups is 1. The lowest BCUT2D eigenvalue weighted by atomic mass is 10.0. The molecule has 0 aliphatic heterocycles. The van der Waals surface area contributed by atoms with Crippen LogP contribution in [-0.2, 0) is 19.9 Å². The zero-order valence-electron chi connectivity index (χ0n) is 17.4. The molecule has 0 unspecified atom stereocenters. The van der Waals surface area contributed by atoms with Crippen LogP contribution < -0.4 is 5.73 Å². The van der Waals surface area contributed by atoms with E-state index in [4.69, 9.17) is 10.8 Å². The molecule has 2 aromatic rings. The molecule has 1 atom stereocenters. The fourth-order valence-corrected chi connectivity index (χ4v) is 3.06. The predicted molar refractivity (Wildman–Crippen MR) is 113 cm³/mol. The molecule has 0 radical (unpaired) electrons. The lowest BCUT2D eigenvalue weighted by molar-refractivity contribution is 0.0972. The Morgan fingerprint density at radius 2 is 1.74 bits per heavy atom. The van der Waals surface area contributed by atoms with E-state index in [1.807, 2.05) is 37.6 Å². The van der Waals surface area contributed by atoms with Crippen LogP contribution in [0, 0.1) is 6.92 Å². The highest BCUT2D eigenvalue weighted by atomic mass is 16.3. The van der Waals surface area contributed by atoms with Gasteiger partial charge in [-0.25, -0.2) is 0 Å². The number of carbonyl (C=O) groups excluding carboxylic acids is 1. The van der Waals surface area contributed by atoms with Crippen LogP contribution >= 0.6 is 0 Å². The minimum Gasteiger partial charge on any atom is -0.396 e. The van der Waals surface area contributed by atoms with E-state index in [0.29, 0.717) is 12.8 Å². The third kappa shape index (κ3) is 7.69. The van der Waals surface area contributed by atoms with E-state index in [0.717, 1.165) is 37.1 Å². The zero-order chi connectivity index (χ0) is 20.2. The van der Waals surface area contributed by atoms with Gasteiger partial charge in [-0.2, -0.15) is 0 Å². The molecule has 4 heteroatoms. The lowest BCUT2D eigenvalue weighted by Gasteiger charge is -2.11. The Bertz CT molecular complexity index is 674. The van der Waals surface area contributed by atoms with Gasteiger partial charge in [0.2, 0.25) is 0 Å². The monoisotopic (exact) mass is 372 g/mol. The second-order valence-corrected chi connectivity index (χ2v) is 6.84. The topological polar surface area (TPSA) is 68.2 Å². The number of aryl methyl sites for hydroxylation is 3. The van der Waals surface area contributed by atoms with Crippen LogP contribution in [0.4, 0.5) is 0 Å². The lowest BCUT2D eigenvalue weighted by Crippen LogP contribution is -2.22. The summed E-state index contributed by atoms with van der Waals surface area (Å²) in [7, 11) is 1.94. The molecule has 27 heavy (non-hydrogen) atoms. The van der Waals surface area contributed by atoms with Crippen molar-refractivity contribution in [3.63, 3.8) is 0 Å². The fourth-order valence-electron chi connectivity index (χ4n) is 3.06. The molecule has 1 aromatic heterocycles. The maximum Gasteiger partial charge on any atom is 0.179 e. The number of nitrogens with zero attached hydrogens (tertiary/aromatic N) is 1. The van der Waals surface area contributed by atoms with Gasteiger partial charge >= 0.3 is 0 Å². The molecule has 0 saturated heterocycles. The summed E-state index contributed by atoms with van der Waals surface area (Å²) in [6.07, 6.45) is 4.63. The number of carbonyl (C=O) groups is 1. The van der Waals surface area contributed by atoms with E-state index in [1.165, 1.54) is 11.1 Å². The highest BCUT2D eigenvalue weighted by Gasteiger charge is 2.13. The van der Waals surface area contributed by atoms with Crippen molar-refractivity contribution in [1.29, 1.82) is 0 Å². The Hall–Kier alpha value is -1.91. The van der Waals surface area contributed by atoms with Gasteiger partial charge in [-0.05, 0) is 56.7 Å². The number of nitrogens with two attached hydrogens (primary N) is 1. The Balaban J connectivity index is 0.00000176. The van der Waals surface area contributed by atoms with Gasteiger partial charge in [0, 0.05) is 31.8 Å². The van der Waals surface area contributed by atoms with E-state index in [9.17, 15) is 4.79 Å². The number of rotatable bonds is 10. The molecule has 0 aliphatic carbocycles. The largest absolute Gasteiger partial charge is 0.396 e. The second-order valence-electron chi connectivity index (χ2n) is 6.84. The summed E-state index contributed by atoms with van der Waals surface area (Å²) in [6.45, 7) is 6.20. The maximum absolute atomic E-state index is 12.5. The average molecular weight is 373 g/mol. The SMILES string of the molecule is CC.Cc1ccc(CCCC(=O)c2ccc(CC[C@@H](N)CCO)n2C)cc1. The highest BCUT2D eigenvalue weighted by Crippen LogP contribution is 2.15. The number of benzene rings is 1. The van der Waals surface area contributed by atoms with E-state index in [2.05, 4.69) is 31.2 Å². The first-order valence-corrected chi connectivity index (χ1v) is 10.1. The van der Waals surface area contributed by atoms with Crippen molar-refractivity contribution >= 4 is 5.78 Å². The van der Waals surface area contributed by atoms with Gasteiger partial charge in [-0.1, -0.05) is 43.7 Å². The third-order valence-corrected chi connectivity index (χ3v) is 4.77. The normalized spacial score (nSPS) is 11.6. The van der Waals surface area contributed by atoms with Gasteiger partial charge in [-0.3, -0.25) is 4.79 Å². The fraction of sp³-hybridized carbons (Fsp3) is 0.522. The first kappa shape index (κ1) is 23.1. The van der Waals surface area contributed by atoms with Crippen LogP contribution in [0.5, 0.6) is 0 Å². The van der Waals surface area contributed by atoms with Crippen LogP contribution in [-0.4, -0.2) is 28.1 Å². The summed E-state index contributed by atoms with van der Waals surface area (Å²) >= 11 is 0. The zero-order valence-corrected chi connectivity index (χ0v) is 17.4. The molecule has 2 rings (SSSR count). The number of ketones is 1. The number of aliphatic hydroxyl groups excluding tert-OH is 1. The van der Waals surface area contributed by atoms with Gasteiger partial charge in [0.05, 0.1) is 5.69 Å². The van der Waals surface area contributed by atoms with Crippen LogP contribution in [0.25, 0.3) is 0 Å². The van der Waals surface area contributed by atoms with Gasteiger partial charge in [0.15, 0.2) is 5.78 Å². The maximum atomic E-state index is 12.5.